The van der Waals surface area contributed by atoms with E-state index in [2.05, 4.69) is 0 Å². The monoisotopic (exact) mass is 480 g/mol. The molecule has 0 saturated carbocycles. The predicted octanol–water partition coefficient (Wildman–Crippen LogP) is 3.40. The fraction of sp³-hybridized carbons (Fsp3) is 0.409. The van der Waals surface area contributed by atoms with E-state index >= 15 is 0 Å². The molecule has 0 spiro atoms. The number of methoxy groups -OCH3 is 1. The van der Waals surface area contributed by atoms with E-state index in [1.54, 1.807) is 17.0 Å². The normalized spacial score (nSPS) is 20.2. The minimum atomic E-state index is -3.77. The van der Waals surface area contributed by atoms with E-state index in [1.807, 2.05) is 30.3 Å². The number of rotatable bonds is 7. The molecule has 0 aromatic heterocycles. The molecule has 0 aliphatic carbocycles. The lowest BCUT2D eigenvalue weighted by molar-refractivity contribution is 0.0999. The summed E-state index contributed by atoms with van der Waals surface area (Å²) in [5.41, 5.74) is 0. The molecule has 8 nitrogen and oxygen atoms in total. The number of amides is 1. The molecule has 172 valence electrons. The summed E-state index contributed by atoms with van der Waals surface area (Å²) in [5, 5.41) is 0.322. The molecular formula is C22H25ClN2O6S. The molecule has 32 heavy (non-hydrogen) atoms. The van der Waals surface area contributed by atoms with Crippen LogP contribution in [0.25, 0.3) is 0 Å². The van der Waals surface area contributed by atoms with Gasteiger partial charge in [0.1, 0.15) is 23.0 Å². The quantitative estimate of drug-likeness (QED) is 0.603. The zero-order valence-electron chi connectivity index (χ0n) is 17.6. The highest BCUT2D eigenvalue weighted by molar-refractivity contribution is 7.89. The number of nitrogens with zero attached hydrogens (tertiary/aromatic N) is 2. The van der Waals surface area contributed by atoms with Gasteiger partial charge in [-0.3, -0.25) is 0 Å². The molecule has 2 aromatic rings. The molecule has 1 unspecified atom stereocenters. The van der Waals surface area contributed by atoms with Crippen LogP contribution < -0.4 is 9.47 Å². The van der Waals surface area contributed by atoms with Gasteiger partial charge in [0.15, 0.2) is 6.10 Å². The van der Waals surface area contributed by atoms with E-state index < -0.39 is 10.0 Å². The highest BCUT2D eigenvalue weighted by Crippen LogP contribution is 2.32. The fourth-order valence-corrected chi connectivity index (χ4v) is 5.91. The van der Waals surface area contributed by atoms with Crippen molar-refractivity contribution in [1.82, 2.24) is 9.21 Å². The average molecular weight is 481 g/mol. The van der Waals surface area contributed by atoms with Gasteiger partial charge in [0.2, 0.25) is 10.0 Å². The maximum Gasteiger partial charge on any atom is 0.410 e. The first-order valence-corrected chi connectivity index (χ1v) is 12.2. The maximum atomic E-state index is 13.1. The second kappa shape index (κ2) is 9.56. The van der Waals surface area contributed by atoms with Crippen LogP contribution in [-0.2, 0) is 14.8 Å². The Labute approximate surface area is 192 Å². The van der Waals surface area contributed by atoms with Crippen LogP contribution in [-0.4, -0.2) is 69.2 Å². The van der Waals surface area contributed by atoms with Crippen molar-refractivity contribution < 1.29 is 27.4 Å². The Bertz CT molecular complexity index is 1060. The van der Waals surface area contributed by atoms with Gasteiger partial charge in [-0.1, -0.05) is 29.8 Å². The Hall–Kier alpha value is -2.49. The zero-order valence-corrected chi connectivity index (χ0v) is 19.2. The van der Waals surface area contributed by atoms with Gasteiger partial charge >= 0.3 is 6.09 Å². The van der Waals surface area contributed by atoms with E-state index in [9.17, 15) is 13.2 Å². The second-order valence-corrected chi connectivity index (χ2v) is 10.1. The van der Waals surface area contributed by atoms with Crippen LogP contribution >= 0.6 is 11.6 Å². The third-order valence-electron chi connectivity index (χ3n) is 5.69. The molecule has 2 aliphatic rings. The first-order chi connectivity index (χ1) is 15.4. The number of hydrogen-bond donors (Lipinski definition) is 0. The molecule has 0 radical (unpaired) electrons. The lowest BCUT2D eigenvalue weighted by atomic mass is 10.1. The SMILES string of the molecule is COc1ccc(Cl)cc1S(=O)(=O)N1CCC(N2CC(COc3ccccc3)OC2=O)CC1. The number of hydrogen-bond acceptors (Lipinski definition) is 6. The maximum absolute atomic E-state index is 13.1. The third kappa shape index (κ3) is 4.79. The van der Waals surface area contributed by atoms with Gasteiger partial charge in [-0.05, 0) is 43.2 Å². The predicted molar refractivity (Wildman–Crippen MR) is 119 cm³/mol. The van der Waals surface area contributed by atoms with Gasteiger partial charge in [-0.25, -0.2) is 13.2 Å². The second-order valence-electron chi connectivity index (χ2n) is 7.71. The lowest BCUT2D eigenvalue weighted by Crippen LogP contribution is -2.47. The Morgan fingerprint density at radius 3 is 2.53 bits per heavy atom. The third-order valence-corrected chi connectivity index (χ3v) is 7.84. The summed E-state index contributed by atoms with van der Waals surface area (Å²) in [5.74, 6) is 0.970. The standard InChI is InChI=1S/C22H25ClN2O6S/c1-29-20-8-7-16(23)13-21(20)32(27,28)24-11-9-17(10-12-24)25-14-19(31-22(25)26)15-30-18-5-3-2-4-6-18/h2-8,13,17,19H,9-12,14-15H2,1H3. The summed E-state index contributed by atoms with van der Waals surface area (Å²) in [4.78, 5) is 14.1. The number of piperidine rings is 1. The highest BCUT2D eigenvalue weighted by Gasteiger charge is 2.40. The van der Waals surface area contributed by atoms with Crippen LogP contribution in [0.5, 0.6) is 11.5 Å². The summed E-state index contributed by atoms with van der Waals surface area (Å²) in [7, 11) is -2.35. The molecule has 0 N–H and O–H groups in total. The largest absolute Gasteiger partial charge is 0.495 e. The van der Waals surface area contributed by atoms with Crippen LogP contribution in [0.2, 0.25) is 5.02 Å². The number of para-hydroxylation sites is 1. The van der Waals surface area contributed by atoms with Crippen molar-refractivity contribution in [2.45, 2.75) is 29.9 Å². The molecule has 4 rings (SSSR count). The molecule has 2 heterocycles. The Morgan fingerprint density at radius 1 is 1.12 bits per heavy atom. The molecule has 10 heteroatoms. The van der Waals surface area contributed by atoms with Gasteiger partial charge < -0.3 is 19.1 Å². The van der Waals surface area contributed by atoms with Crippen molar-refractivity contribution in [2.24, 2.45) is 0 Å². The molecule has 2 aliphatic heterocycles. The first kappa shape index (κ1) is 22.7. The van der Waals surface area contributed by atoms with Gasteiger partial charge in [0.25, 0.3) is 0 Å². The number of halogens is 1. The van der Waals surface area contributed by atoms with Crippen molar-refractivity contribution in [3.63, 3.8) is 0 Å². The van der Waals surface area contributed by atoms with E-state index in [-0.39, 0.29) is 48.6 Å². The van der Waals surface area contributed by atoms with Crippen molar-refractivity contribution >= 4 is 27.7 Å². The summed E-state index contributed by atoms with van der Waals surface area (Å²) in [6.07, 6.45) is 0.289. The summed E-state index contributed by atoms with van der Waals surface area (Å²) in [6, 6.07) is 13.8. The number of benzene rings is 2. The number of ether oxygens (including phenoxy) is 3. The molecule has 0 bridgehead atoms. The van der Waals surface area contributed by atoms with E-state index in [0.717, 1.165) is 5.75 Å². The number of cyclic esters (lactones) is 1. The van der Waals surface area contributed by atoms with E-state index in [0.29, 0.717) is 24.4 Å². The summed E-state index contributed by atoms with van der Waals surface area (Å²) in [6.45, 7) is 1.27. The van der Waals surface area contributed by atoms with Gasteiger partial charge in [-0.2, -0.15) is 4.31 Å². The van der Waals surface area contributed by atoms with Crippen molar-refractivity contribution in [2.75, 3.05) is 33.4 Å². The fourth-order valence-electron chi connectivity index (χ4n) is 4.02. The van der Waals surface area contributed by atoms with Gasteiger partial charge in [-0.15, -0.1) is 0 Å². The molecule has 2 aromatic carbocycles. The zero-order chi connectivity index (χ0) is 22.7. The van der Waals surface area contributed by atoms with Crippen LogP contribution in [0.15, 0.2) is 53.4 Å². The Balaban J connectivity index is 1.35. The van der Waals surface area contributed by atoms with Crippen LogP contribution in [0.3, 0.4) is 0 Å². The molecule has 2 fully saturated rings. The van der Waals surface area contributed by atoms with Gasteiger partial charge in [0.05, 0.1) is 13.7 Å². The summed E-state index contributed by atoms with van der Waals surface area (Å²) >= 11 is 6.02. The minimum Gasteiger partial charge on any atom is -0.495 e. The van der Waals surface area contributed by atoms with Crippen molar-refractivity contribution in [3.8, 4) is 11.5 Å². The van der Waals surface area contributed by atoms with Crippen LogP contribution in [0, 0.1) is 0 Å². The van der Waals surface area contributed by atoms with Crippen molar-refractivity contribution in [3.05, 3.63) is 53.6 Å². The van der Waals surface area contributed by atoms with Crippen molar-refractivity contribution in [1.29, 1.82) is 0 Å². The minimum absolute atomic E-state index is 0.0460. The Morgan fingerprint density at radius 2 is 1.84 bits per heavy atom. The molecular weight excluding hydrogens is 456 g/mol. The van der Waals surface area contributed by atoms with Crippen LogP contribution in [0.1, 0.15) is 12.8 Å². The molecule has 2 saturated heterocycles. The average Bonchev–Trinajstić information content (AvgIpc) is 3.19. The molecule has 1 amide bonds. The lowest BCUT2D eigenvalue weighted by Gasteiger charge is -2.35. The highest BCUT2D eigenvalue weighted by atomic mass is 35.5. The topological polar surface area (TPSA) is 85.4 Å². The number of carbonyl (C=O) groups is 1. The van der Waals surface area contributed by atoms with Gasteiger partial charge in [0, 0.05) is 24.2 Å². The number of sulfonamides is 1. The van der Waals surface area contributed by atoms with E-state index in [4.69, 9.17) is 25.8 Å². The molecule has 1 atom stereocenters. The Kier molecular flexibility index (Phi) is 6.78. The number of carbonyl (C=O) groups excluding carboxylic acids is 1. The van der Waals surface area contributed by atoms with Crippen LogP contribution in [0.4, 0.5) is 4.79 Å². The van der Waals surface area contributed by atoms with E-state index in [1.165, 1.54) is 17.5 Å². The smallest absolute Gasteiger partial charge is 0.410 e. The summed E-state index contributed by atoms with van der Waals surface area (Å²) < 4.78 is 44.1. The first-order valence-electron chi connectivity index (χ1n) is 10.4.